The number of alkyl halides is 3. The molecule has 6 heteroatoms. The van der Waals surface area contributed by atoms with Crippen LogP contribution in [0, 0.1) is 0 Å². The van der Waals surface area contributed by atoms with E-state index in [1.807, 2.05) is 0 Å². The van der Waals surface area contributed by atoms with E-state index in [1.54, 1.807) is 24.3 Å². The summed E-state index contributed by atoms with van der Waals surface area (Å²) in [6.07, 6.45) is -2.99. The van der Waals surface area contributed by atoms with Gasteiger partial charge in [0, 0.05) is 11.0 Å². The molecule has 0 radical (unpaired) electrons. The molecule has 2 aromatic rings. The molecule has 0 spiro atoms. The van der Waals surface area contributed by atoms with Crippen molar-refractivity contribution < 1.29 is 22.8 Å². The Kier molecular flexibility index (Phi) is 3.25. The van der Waals surface area contributed by atoms with Crippen molar-refractivity contribution in [2.75, 3.05) is 0 Å². The number of rotatable bonds is 1. The van der Waals surface area contributed by atoms with E-state index < -0.39 is 18.9 Å². The highest BCUT2D eigenvalue weighted by Crippen LogP contribution is 2.31. The third-order valence-electron chi connectivity index (χ3n) is 3.36. The Bertz CT molecular complexity index is 693. The van der Waals surface area contributed by atoms with E-state index in [4.69, 9.17) is 4.65 Å². The summed E-state index contributed by atoms with van der Waals surface area (Å²) in [5.41, 5.74) is 1.88. The van der Waals surface area contributed by atoms with Crippen molar-refractivity contribution in [2.45, 2.75) is 6.18 Å². The van der Waals surface area contributed by atoms with Gasteiger partial charge in [0.25, 0.3) is 0 Å². The summed E-state index contributed by atoms with van der Waals surface area (Å²) in [4.78, 5) is 0. The second-order valence-corrected chi connectivity index (χ2v) is 4.68. The minimum Gasteiger partial charge on any atom is -0.538 e. The molecule has 2 nitrogen and oxygen atoms in total. The standard InChI is InChI=1S/C15H10BF3O2/c17-15(18,19)11-7-5-10(6-8-11)13-9-21-16(20)14-4-2-1-3-12(13)14/h1-9,20H. The number of halogens is 3. The van der Waals surface area contributed by atoms with Gasteiger partial charge in [0.2, 0.25) is 0 Å². The van der Waals surface area contributed by atoms with Gasteiger partial charge in [-0.2, -0.15) is 13.2 Å². The molecule has 0 fully saturated rings. The van der Waals surface area contributed by atoms with Crippen LogP contribution >= 0.6 is 0 Å². The molecule has 106 valence electrons. The van der Waals surface area contributed by atoms with Gasteiger partial charge in [0.1, 0.15) is 0 Å². The molecule has 0 atom stereocenters. The van der Waals surface area contributed by atoms with E-state index in [1.165, 1.54) is 18.4 Å². The topological polar surface area (TPSA) is 29.5 Å². The van der Waals surface area contributed by atoms with Gasteiger partial charge in [-0.15, -0.1) is 0 Å². The Morgan fingerprint density at radius 1 is 0.952 bits per heavy atom. The molecule has 0 bridgehead atoms. The molecular weight excluding hydrogens is 280 g/mol. The molecule has 0 saturated heterocycles. The predicted molar refractivity (Wildman–Crippen MR) is 73.7 cm³/mol. The fourth-order valence-electron chi connectivity index (χ4n) is 2.29. The summed E-state index contributed by atoms with van der Waals surface area (Å²) >= 11 is 0. The molecule has 1 aliphatic rings. The van der Waals surface area contributed by atoms with Crippen molar-refractivity contribution in [1.29, 1.82) is 0 Å². The highest BCUT2D eigenvalue weighted by Gasteiger charge is 2.31. The predicted octanol–water partition coefficient (Wildman–Crippen LogP) is 2.81. The normalized spacial score (nSPS) is 14.3. The third kappa shape index (κ3) is 2.54. The quantitative estimate of drug-likeness (QED) is 0.818. The van der Waals surface area contributed by atoms with Gasteiger partial charge in [0.15, 0.2) is 0 Å². The zero-order valence-corrected chi connectivity index (χ0v) is 10.8. The van der Waals surface area contributed by atoms with Crippen LogP contribution in [0.2, 0.25) is 0 Å². The minimum absolute atomic E-state index is 0.592. The van der Waals surface area contributed by atoms with Crippen LogP contribution in [0.25, 0.3) is 5.57 Å². The van der Waals surface area contributed by atoms with E-state index in [2.05, 4.69) is 0 Å². The monoisotopic (exact) mass is 290 g/mol. The van der Waals surface area contributed by atoms with E-state index in [0.29, 0.717) is 16.6 Å². The lowest BCUT2D eigenvalue weighted by Crippen LogP contribution is -2.37. The first-order valence-electron chi connectivity index (χ1n) is 6.27. The summed E-state index contributed by atoms with van der Waals surface area (Å²) in [6.45, 7) is 0. The van der Waals surface area contributed by atoms with E-state index in [9.17, 15) is 18.2 Å². The average Bonchev–Trinajstić information content (AvgIpc) is 2.47. The van der Waals surface area contributed by atoms with Crippen LogP contribution in [0.4, 0.5) is 13.2 Å². The molecule has 21 heavy (non-hydrogen) atoms. The summed E-state index contributed by atoms with van der Waals surface area (Å²) in [5, 5.41) is 9.76. The smallest absolute Gasteiger partial charge is 0.538 e. The third-order valence-corrected chi connectivity index (χ3v) is 3.36. The van der Waals surface area contributed by atoms with Gasteiger partial charge in [-0.3, -0.25) is 0 Å². The second kappa shape index (κ2) is 4.97. The lowest BCUT2D eigenvalue weighted by atomic mass is 9.72. The number of hydrogen-bond donors (Lipinski definition) is 1. The zero-order valence-electron chi connectivity index (χ0n) is 10.8. The molecule has 1 N–H and O–H groups in total. The van der Waals surface area contributed by atoms with Crippen LogP contribution in [0.3, 0.4) is 0 Å². The molecule has 0 unspecified atom stereocenters. The van der Waals surface area contributed by atoms with E-state index >= 15 is 0 Å². The van der Waals surface area contributed by atoms with E-state index in [0.717, 1.165) is 17.7 Å². The Balaban J connectivity index is 2.02. The summed E-state index contributed by atoms with van der Waals surface area (Å²) in [7, 11) is -1.06. The number of fused-ring (bicyclic) bond motifs is 1. The maximum atomic E-state index is 12.6. The van der Waals surface area contributed by atoms with Gasteiger partial charge >= 0.3 is 13.3 Å². The molecule has 0 amide bonds. The van der Waals surface area contributed by atoms with Crippen molar-refractivity contribution in [2.24, 2.45) is 0 Å². The van der Waals surface area contributed by atoms with Gasteiger partial charge < -0.3 is 9.68 Å². The van der Waals surface area contributed by atoms with Crippen LogP contribution in [0.1, 0.15) is 16.7 Å². The molecule has 0 aliphatic carbocycles. The summed E-state index contributed by atoms with van der Waals surface area (Å²) in [5.74, 6) is 0. The van der Waals surface area contributed by atoms with Crippen LogP contribution in [-0.4, -0.2) is 12.1 Å². The second-order valence-electron chi connectivity index (χ2n) is 4.68. The van der Waals surface area contributed by atoms with Crippen molar-refractivity contribution in [3.05, 3.63) is 71.5 Å². The molecule has 1 heterocycles. The maximum Gasteiger partial charge on any atom is 0.560 e. The number of benzene rings is 2. The molecule has 3 rings (SSSR count). The lowest BCUT2D eigenvalue weighted by molar-refractivity contribution is -0.137. The summed E-state index contributed by atoms with van der Waals surface area (Å²) < 4.78 is 42.9. The Morgan fingerprint density at radius 3 is 2.29 bits per heavy atom. The maximum absolute atomic E-state index is 12.6. The van der Waals surface area contributed by atoms with Gasteiger partial charge in [0.05, 0.1) is 11.8 Å². The zero-order chi connectivity index (χ0) is 15.0. The van der Waals surface area contributed by atoms with Crippen LogP contribution in [0.5, 0.6) is 0 Å². The van der Waals surface area contributed by atoms with E-state index in [-0.39, 0.29) is 0 Å². The van der Waals surface area contributed by atoms with Crippen LogP contribution in [-0.2, 0) is 10.8 Å². The average molecular weight is 290 g/mol. The highest BCUT2D eigenvalue weighted by molar-refractivity contribution is 6.62. The van der Waals surface area contributed by atoms with Gasteiger partial charge in [-0.05, 0) is 23.3 Å². The van der Waals surface area contributed by atoms with Gasteiger partial charge in [-0.25, -0.2) is 0 Å². The Labute approximate surface area is 119 Å². The molecular formula is C15H10BF3O2. The largest absolute Gasteiger partial charge is 0.560 e. The first-order chi connectivity index (χ1) is 9.97. The Hall–Kier alpha value is -2.21. The van der Waals surface area contributed by atoms with Crippen molar-refractivity contribution in [1.82, 2.24) is 0 Å². The summed E-state index contributed by atoms with van der Waals surface area (Å²) in [6, 6.07) is 11.9. The van der Waals surface area contributed by atoms with Crippen molar-refractivity contribution in [3.63, 3.8) is 0 Å². The first-order valence-corrected chi connectivity index (χ1v) is 6.27. The van der Waals surface area contributed by atoms with Crippen LogP contribution in [0.15, 0.2) is 54.8 Å². The minimum atomic E-state index is -4.36. The molecule has 2 aromatic carbocycles. The SMILES string of the molecule is OB1OC=C(c2ccc(C(F)(F)F)cc2)c2ccccc21. The fourth-order valence-corrected chi connectivity index (χ4v) is 2.29. The Morgan fingerprint density at radius 2 is 1.62 bits per heavy atom. The molecule has 0 aromatic heterocycles. The van der Waals surface area contributed by atoms with Crippen molar-refractivity contribution >= 4 is 18.2 Å². The fraction of sp³-hybridized carbons (Fsp3) is 0.0667. The van der Waals surface area contributed by atoms with Crippen molar-refractivity contribution in [3.8, 4) is 0 Å². The molecule has 1 aliphatic heterocycles. The lowest BCUT2D eigenvalue weighted by Gasteiger charge is -2.20. The van der Waals surface area contributed by atoms with Crippen LogP contribution < -0.4 is 5.46 Å². The van der Waals surface area contributed by atoms with Gasteiger partial charge in [-0.1, -0.05) is 36.4 Å². The highest BCUT2D eigenvalue weighted by atomic mass is 19.4. The molecule has 0 saturated carbocycles. The first kappa shape index (κ1) is 13.8. The number of hydrogen-bond acceptors (Lipinski definition) is 2.